The molecule has 0 radical (unpaired) electrons. The van der Waals surface area contributed by atoms with E-state index in [0.717, 1.165) is 5.56 Å². The summed E-state index contributed by atoms with van der Waals surface area (Å²) in [6.45, 7) is 2.38. The van der Waals surface area contributed by atoms with Gasteiger partial charge in [-0.25, -0.2) is 4.68 Å². The normalized spacial score (nSPS) is 10.2. The quantitative estimate of drug-likeness (QED) is 0.789. The SMILES string of the molecule is Cc1cn(C(=S)NCc2ccccc2)[nH]c1=O. The van der Waals surface area contributed by atoms with Crippen molar-refractivity contribution in [3.63, 3.8) is 0 Å². The van der Waals surface area contributed by atoms with Crippen LogP contribution in [0, 0.1) is 6.92 Å². The molecule has 88 valence electrons. The Balaban J connectivity index is 2.01. The van der Waals surface area contributed by atoms with Crippen molar-refractivity contribution in [2.75, 3.05) is 0 Å². The van der Waals surface area contributed by atoms with Gasteiger partial charge in [-0.1, -0.05) is 30.3 Å². The first-order valence-electron chi connectivity index (χ1n) is 5.27. The number of aromatic amines is 1. The first kappa shape index (κ1) is 11.6. The molecule has 5 heteroatoms. The number of H-pyrrole nitrogens is 1. The largest absolute Gasteiger partial charge is 0.357 e. The summed E-state index contributed by atoms with van der Waals surface area (Å²) >= 11 is 5.17. The fraction of sp³-hybridized carbons (Fsp3) is 0.167. The van der Waals surface area contributed by atoms with E-state index in [0.29, 0.717) is 17.2 Å². The van der Waals surface area contributed by atoms with Crippen molar-refractivity contribution < 1.29 is 0 Å². The van der Waals surface area contributed by atoms with Gasteiger partial charge in [0, 0.05) is 18.3 Å². The molecular weight excluding hydrogens is 234 g/mol. The Bertz CT molecular complexity index is 571. The van der Waals surface area contributed by atoms with Gasteiger partial charge in [0.1, 0.15) is 0 Å². The molecule has 0 amide bonds. The molecule has 0 saturated heterocycles. The van der Waals surface area contributed by atoms with Crippen molar-refractivity contribution in [3.8, 4) is 0 Å². The van der Waals surface area contributed by atoms with Crippen molar-refractivity contribution in [3.05, 3.63) is 58.0 Å². The van der Waals surface area contributed by atoms with Crippen molar-refractivity contribution in [1.82, 2.24) is 15.1 Å². The Hall–Kier alpha value is -1.88. The van der Waals surface area contributed by atoms with Crippen LogP contribution in [0.2, 0.25) is 0 Å². The lowest BCUT2D eigenvalue weighted by Gasteiger charge is -2.07. The van der Waals surface area contributed by atoms with E-state index < -0.39 is 0 Å². The lowest BCUT2D eigenvalue weighted by atomic mass is 10.2. The zero-order chi connectivity index (χ0) is 12.3. The Kier molecular flexibility index (Phi) is 3.39. The smallest absolute Gasteiger partial charge is 0.267 e. The Morgan fingerprint density at radius 3 is 2.71 bits per heavy atom. The molecule has 2 N–H and O–H groups in total. The predicted octanol–water partition coefficient (Wildman–Crippen LogP) is 1.41. The zero-order valence-corrected chi connectivity index (χ0v) is 10.3. The first-order chi connectivity index (χ1) is 8.16. The lowest BCUT2D eigenvalue weighted by Crippen LogP contribution is -2.29. The Labute approximate surface area is 104 Å². The topological polar surface area (TPSA) is 49.8 Å². The van der Waals surface area contributed by atoms with Crippen LogP contribution in [0.1, 0.15) is 11.1 Å². The number of aromatic nitrogens is 2. The molecule has 0 fully saturated rings. The lowest BCUT2D eigenvalue weighted by molar-refractivity contribution is 0.828. The molecule has 1 heterocycles. The number of rotatable bonds is 2. The second-order valence-electron chi connectivity index (χ2n) is 3.77. The summed E-state index contributed by atoms with van der Waals surface area (Å²) in [5, 5.41) is 6.20. The molecule has 1 aromatic carbocycles. The molecule has 4 nitrogen and oxygen atoms in total. The number of aryl methyl sites for hydroxylation is 1. The second kappa shape index (κ2) is 4.97. The van der Waals surface area contributed by atoms with E-state index in [4.69, 9.17) is 12.2 Å². The molecule has 2 aromatic rings. The molecule has 17 heavy (non-hydrogen) atoms. The third-order valence-corrected chi connectivity index (χ3v) is 2.75. The highest BCUT2D eigenvalue weighted by Gasteiger charge is 2.03. The summed E-state index contributed by atoms with van der Waals surface area (Å²) in [6, 6.07) is 9.94. The summed E-state index contributed by atoms with van der Waals surface area (Å²) in [7, 11) is 0. The molecule has 0 bridgehead atoms. The van der Waals surface area contributed by atoms with Crippen LogP contribution in [0.3, 0.4) is 0 Å². The van der Waals surface area contributed by atoms with Gasteiger partial charge >= 0.3 is 0 Å². The van der Waals surface area contributed by atoms with Gasteiger partial charge in [-0.3, -0.25) is 9.89 Å². The summed E-state index contributed by atoms with van der Waals surface area (Å²) in [5.41, 5.74) is 1.67. The number of nitrogens with zero attached hydrogens (tertiary/aromatic N) is 1. The highest BCUT2D eigenvalue weighted by atomic mass is 32.1. The van der Waals surface area contributed by atoms with Crippen molar-refractivity contribution in [2.45, 2.75) is 13.5 Å². The molecule has 0 unspecified atom stereocenters. The van der Waals surface area contributed by atoms with E-state index in [1.165, 1.54) is 4.68 Å². The molecule has 0 spiro atoms. The minimum absolute atomic E-state index is 0.117. The minimum atomic E-state index is -0.117. The fourth-order valence-electron chi connectivity index (χ4n) is 1.45. The van der Waals surface area contributed by atoms with Crippen LogP contribution in [-0.2, 0) is 6.54 Å². The number of thiocarbonyl (C=S) groups is 1. The Morgan fingerprint density at radius 2 is 2.12 bits per heavy atom. The van der Waals surface area contributed by atoms with Crippen LogP contribution in [0.4, 0.5) is 0 Å². The van der Waals surface area contributed by atoms with E-state index in [1.54, 1.807) is 13.1 Å². The van der Waals surface area contributed by atoms with Crippen molar-refractivity contribution in [2.24, 2.45) is 0 Å². The molecule has 0 saturated carbocycles. The van der Waals surface area contributed by atoms with Crippen molar-refractivity contribution >= 4 is 17.3 Å². The summed E-state index contributed by atoms with van der Waals surface area (Å²) in [6.07, 6.45) is 1.68. The van der Waals surface area contributed by atoms with E-state index in [1.807, 2.05) is 30.3 Å². The van der Waals surface area contributed by atoms with Crippen LogP contribution in [-0.4, -0.2) is 14.9 Å². The van der Waals surface area contributed by atoms with E-state index in [2.05, 4.69) is 10.4 Å². The first-order valence-corrected chi connectivity index (χ1v) is 5.68. The van der Waals surface area contributed by atoms with Gasteiger partial charge in [0.2, 0.25) is 0 Å². The number of benzene rings is 1. The average Bonchev–Trinajstić information content (AvgIpc) is 2.68. The third-order valence-electron chi connectivity index (χ3n) is 2.41. The van der Waals surface area contributed by atoms with Crippen LogP contribution < -0.4 is 10.9 Å². The van der Waals surface area contributed by atoms with Gasteiger partial charge < -0.3 is 5.32 Å². The average molecular weight is 247 g/mol. The second-order valence-corrected chi connectivity index (χ2v) is 4.15. The number of hydrogen-bond donors (Lipinski definition) is 2. The standard InChI is InChI=1S/C12H13N3OS/c1-9-8-15(14-11(9)16)12(17)13-7-10-5-3-2-4-6-10/h2-6,8H,7H2,1H3,(H,13,17)(H,14,16). The van der Waals surface area contributed by atoms with Crippen LogP contribution >= 0.6 is 12.2 Å². The number of hydrogen-bond acceptors (Lipinski definition) is 2. The third kappa shape index (κ3) is 2.82. The van der Waals surface area contributed by atoms with Gasteiger partial charge in [-0.15, -0.1) is 0 Å². The molecule has 0 aliphatic heterocycles. The zero-order valence-electron chi connectivity index (χ0n) is 9.43. The van der Waals surface area contributed by atoms with Gasteiger partial charge in [-0.05, 0) is 24.7 Å². The van der Waals surface area contributed by atoms with Gasteiger partial charge in [0.05, 0.1) is 0 Å². The van der Waals surface area contributed by atoms with E-state index >= 15 is 0 Å². The van der Waals surface area contributed by atoms with Gasteiger partial charge in [-0.2, -0.15) is 0 Å². The summed E-state index contributed by atoms with van der Waals surface area (Å²) in [5.74, 6) is 0. The molecule has 0 aliphatic carbocycles. The molecule has 0 atom stereocenters. The maximum absolute atomic E-state index is 11.3. The molecule has 2 rings (SSSR count). The van der Waals surface area contributed by atoms with Crippen molar-refractivity contribution in [1.29, 1.82) is 0 Å². The monoisotopic (exact) mass is 247 g/mol. The van der Waals surface area contributed by atoms with Gasteiger partial charge in [0.15, 0.2) is 5.11 Å². The fourth-order valence-corrected chi connectivity index (χ4v) is 1.62. The van der Waals surface area contributed by atoms with E-state index in [-0.39, 0.29) is 5.56 Å². The molecule has 0 aliphatic rings. The van der Waals surface area contributed by atoms with Gasteiger partial charge in [0.25, 0.3) is 5.56 Å². The summed E-state index contributed by atoms with van der Waals surface area (Å²) in [4.78, 5) is 11.3. The molecule has 1 aromatic heterocycles. The van der Waals surface area contributed by atoms with Crippen LogP contribution in [0.15, 0.2) is 41.3 Å². The number of nitrogens with one attached hydrogen (secondary N) is 2. The maximum atomic E-state index is 11.3. The summed E-state index contributed by atoms with van der Waals surface area (Å²) < 4.78 is 1.52. The van der Waals surface area contributed by atoms with E-state index in [9.17, 15) is 4.79 Å². The minimum Gasteiger partial charge on any atom is -0.357 e. The highest BCUT2D eigenvalue weighted by molar-refractivity contribution is 7.80. The van der Waals surface area contributed by atoms with Crippen LogP contribution in [0.5, 0.6) is 0 Å². The predicted molar refractivity (Wildman–Crippen MR) is 71.1 cm³/mol. The maximum Gasteiger partial charge on any atom is 0.267 e. The molecular formula is C12H13N3OS. The highest BCUT2D eigenvalue weighted by Crippen LogP contribution is 1.97. The van der Waals surface area contributed by atoms with Crippen LogP contribution in [0.25, 0.3) is 0 Å². The Morgan fingerprint density at radius 1 is 1.41 bits per heavy atom.